The van der Waals surface area contributed by atoms with E-state index in [0.29, 0.717) is 0 Å². The number of hydrogen-bond acceptors (Lipinski definition) is 3. The lowest BCUT2D eigenvalue weighted by Gasteiger charge is -2.17. The Morgan fingerprint density at radius 3 is 2.00 bits per heavy atom. The quantitative estimate of drug-likeness (QED) is 0.793. The Morgan fingerprint density at radius 1 is 1.14 bits per heavy atom. The molecule has 3 heteroatoms. The Labute approximate surface area is 83.8 Å². The van der Waals surface area contributed by atoms with Gasteiger partial charge >= 0.3 is 0 Å². The molecule has 0 bridgehead atoms. The van der Waals surface area contributed by atoms with Gasteiger partial charge in [-0.3, -0.25) is 0 Å². The van der Waals surface area contributed by atoms with E-state index in [9.17, 15) is 0 Å². The van der Waals surface area contributed by atoms with Crippen molar-refractivity contribution in [2.45, 2.75) is 18.4 Å². The number of ether oxygens (including phenoxy) is 2. The number of benzene rings is 1. The van der Waals surface area contributed by atoms with Gasteiger partial charge < -0.3 is 15.2 Å². The fourth-order valence-corrected chi connectivity index (χ4v) is 1.73. The summed E-state index contributed by atoms with van der Waals surface area (Å²) in [6, 6.07) is 5.75. The standard InChI is InChI=1S/C11H15NO2/c1-13-8-4-3-5-9(14-2)10(8)11(12)6-7-11/h3-5H,6-7,12H2,1-2H3. The molecule has 14 heavy (non-hydrogen) atoms. The summed E-state index contributed by atoms with van der Waals surface area (Å²) in [5.41, 5.74) is 6.94. The van der Waals surface area contributed by atoms with Crippen LogP contribution >= 0.6 is 0 Å². The summed E-state index contributed by atoms with van der Waals surface area (Å²) in [4.78, 5) is 0. The maximum absolute atomic E-state index is 6.16. The van der Waals surface area contributed by atoms with Crippen LogP contribution in [-0.4, -0.2) is 14.2 Å². The van der Waals surface area contributed by atoms with Crippen molar-refractivity contribution < 1.29 is 9.47 Å². The second kappa shape index (κ2) is 3.17. The van der Waals surface area contributed by atoms with E-state index < -0.39 is 0 Å². The fraction of sp³-hybridized carbons (Fsp3) is 0.455. The van der Waals surface area contributed by atoms with Crippen LogP contribution in [0.15, 0.2) is 18.2 Å². The van der Waals surface area contributed by atoms with E-state index >= 15 is 0 Å². The van der Waals surface area contributed by atoms with E-state index in [1.165, 1.54) is 0 Å². The Bertz CT molecular complexity index is 323. The highest BCUT2D eigenvalue weighted by Gasteiger charge is 2.44. The molecule has 1 fully saturated rings. The van der Waals surface area contributed by atoms with E-state index in [2.05, 4.69) is 0 Å². The Kier molecular flexibility index (Phi) is 2.11. The molecule has 0 aliphatic heterocycles. The van der Waals surface area contributed by atoms with Crippen LogP contribution in [-0.2, 0) is 5.54 Å². The molecule has 2 rings (SSSR count). The van der Waals surface area contributed by atoms with Gasteiger partial charge in [-0.25, -0.2) is 0 Å². The lowest BCUT2D eigenvalue weighted by Crippen LogP contribution is -2.20. The van der Waals surface area contributed by atoms with Gasteiger partial charge in [-0.05, 0) is 25.0 Å². The Hall–Kier alpha value is -1.22. The molecule has 1 aliphatic carbocycles. The van der Waals surface area contributed by atoms with Gasteiger partial charge in [0.05, 0.1) is 19.8 Å². The first-order valence-electron chi connectivity index (χ1n) is 4.71. The van der Waals surface area contributed by atoms with Crippen LogP contribution in [0.2, 0.25) is 0 Å². The van der Waals surface area contributed by atoms with Crippen LogP contribution in [0.3, 0.4) is 0 Å². The van der Waals surface area contributed by atoms with Gasteiger partial charge in [-0.2, -0.15) is 0 Å². The number of hydrogen-bond donors (Lipinski definition) is 1. The third-order valence-corrected chi connectivity index (χ3v) is 2.71. The molecular weight excluding hydrogens is 178 g/mol. The minimum Gasteiger partial charge on any atom is -0.496 e. The maximum Gasteiger partial charge on any atom is 0.127 e. The highest BCUT2D eigenvalue weighted by atomic mass is 16.5. The zero-order valence-corrected chi connectivity index (χ0v) is 8.54. The van der Waals surface area contributed by atoms with Crippen LogP contribution in [0.4, 0.5) is 0 Å². The number of methoxy groups -OCH3 is 2. The van der Waals surface area contributed by atoms with Crippen LogP contribution in [0.5, 0.6) is 11.5 Å². The van der Waals surface area contributed by atoms with Crippen LogP contribution in [0.1, 0.15) is 18.4 Å². The molecule has 2 N–H and O–H groups in total. The van der Waals surface area contributed by atoms with Crippen molar-refractivity contribution in [1.29, 1.82) is 0 Å². The smallest absolute Gasteiger partial charge is 0.127 e. The van der Waals surface area contributed by atoms with Crippen LogP contribution in [0, 0.1) is 0 Å². The predicted molar refractivity (Wildman–Crippen MR) is 54.6 cm³/mol. The van der Waals surface area contributed by atoms with E-state index in [1.54, 1.807) is 14.2 Å². The van der Waals surface area contributed by atoms with E-state index in [4.69, 9.17) is 15.2 Å². The van der Waals surface area contributed by atoms with Gasteiger partial charge in [0.2, 0.25) is 0 Å². The normalized spacial score (nSPS) is 17.6. The van der Waals surface area contributed by atoms with Gasteiger partial charge in [-0.1, -0.05) is 6.07 Å². The topological polar surface area (TPSA) is 44.5 Å². The SMILES string of the molecule is COc1cccc(OC)c1C1(N)CC1. The minimum atomic E-state index is -0.224. The molecule has 0 spiro atoms. The molecule has 0 heterocycles. The molecule has 0 atom stereocenters. The number of nitrogens with two attached hydrogens (primary N) is 1. The summed E-state index contributed by atoms with van der Waals surface area (Å²) < 4.78 is 10.6. The molecular formula is C11H15NO2. The van der Waals surface area contributed by atoms with Crippen molar-refractivity contribution in [3.63, 3.8) is 0 Å². The summed E-state index contributed by atoms with van der Waals surface area (Å²) >= 11 is 0. The largest absolute Gasteiger partial charge is 0.496 e. The van der Waals surface area contributed by atoms with E-state index in [0.717, 1.165) is 29.9 Å². The molecule has 0 saturated heterocycles. The van der Waals surface area contributed by atoms with Crippen LogP contribution in [0.25, 0.3) is 0 Å². The highest BCUT2D eigenvalue weighted by Crippen LogP contribution is 2.50. The van der Waals surface area contributed by atoms with Gasteiger partial charge in [0.1, 0.15) is 11.5 Å². The van der Waals surface area contributed by atoms with E-state index in [1.807, 2.05) is 18.2 Å². The van der Waals surface area contributed by atoms with Gasteiger partial charge in [0.25, 0.3) is 0 Å². The van der Waals surface area contributed by atoms with Gasteiger partial charge in [0, 0.05) is 5.54 Å². The van der Waals surface area contributed by atoms with Gasteiger partial charge in [-0.15, -0.1) is 0 Å². The summed E-state index contributed by atoms with van der Waals surface area (Å²) in [7, 11) is 3.31. The average Bonchev–Trinajstić information content (AvgIpc) is 2.96. The third kappa shape index (κ3) is 1.34. The summed E-state index contributed by atoms with van der Waals surface area (Å²) in [5, 5.41) is 0. The summed E-state index contributed by atoms with van der Waals surface area (Å²) in [6.45, 7) is 0. The first-order chi connectivity index (χ1) is 6.71. The minimum absolute atomic E-state index is 0.224. The zero-order chi connectivity index (χ0) is 10.2. The van der Waals surface area contributed by atoms with Crippen molar-refractivity contribution in [2.75, 3.05) is 14.2 Å². The molecule has 1 aromatic carbocycles. The predicted octanol–water partition coefficient (Wildman–Crippen LogP) is 1.65. The van der Waals surface area contributed by atoms with Gasteiger partial charge in [0.15, 0.2) is 0 Å². The number of rotatable bonds is 3. The van der Waals surface area contributed by atoms with Crippen molar-refractivity contribution in [3.05, 3.63) is 23.8 Å². The Morgan fingerprint density at radius 2 is 1.64 bits per heavy atom. The molecule has 0 amide bonds. The molecule has 0 unspecified atom stereocenters. The summed E-state index contributed by atoms with van der Waals surface area (Å²) in [5.74, 6) is 1.65. The Balaban J connectivity index is 2.52. The van der Waals surface area contributed by atoms with E-state index in [-0.39, 0.29) is 5.54 Å². The maximum atomic E-state index is 6.16. The monoisotopic (exact) mass is 193 g/mol. The second-order valence-corrected chi connectivity index (χ2v) is 3.69. The van der Waals surface area contributed by atoms with Crippen molar-refractivity contribution in [1.82, 2.24) is 0 Å². The molecule has 1 aromatic rings. The second-order valence-electron chi connectivity index (χ2n) is 3.69. The zero-order valence-electron chi connectivity index (χ0n) is 8.54. The third-order valence-electron chi connectivity index (χ3n) is 2.71. The molecule has 1 aliphatic rings. The molecule has 0 radical (unpaired) electrons. The van der Waals surface area contributed by atoms with Crippen molar-refractivity contribution in [3.8, 4) is 11.5 Å². The molecule has 3 nitrogen and oxygen atoms in total. The van der Waals surface area contributed by atoms with Crippen molar-refractivity contribution >= 4 is 0 Å². The fourth-order valence-electron chi connectivity index (χ4n) is 1.73. The summed E-state index contributed by atoms with van der Waals surface area (Å²) in [6.07, 6.45) is 2.01. The lowest BCUT2D eigenvalue weighted by molar-refractivity contribution is 0.377. The molecule has 76 valence electrons. The lowest BCUT2D eigenvalue weighted by atomic mass is 10.0. The molecule has 0 aromatic heterocycles. The first-order valence-corrected chi connectivity index (χ1v) is 4.71. The average molecular weight is 193 g/mol. The van der Waals surface area contributed by atoms with Crippen molar-refractivity contribution in [2.24, 2.45) is 5.73 Å². The van der Waals surface area contributed by atoms with Crippen LogP contribution < -0.4 is 15.2 Å². The molecule has 1 saturated carbocycles. The highest BCUT2D eigenvalue weighted by molar-refractivity contribution is 5.51. The first kappa shape index (κ1) is 9.34.